The Morgan fingerprint density at radius 3 is 2.94 bits per heavy atom. The van der Waals surface area contributed by atoms with Crippen molar-refractivity contribution in [2.24, 2.45) is 5.41 Å². The molecule has 1 unspecified atom stereocenters. The monoisotopic (exact) mass is 330 g/mol. The van der Waals surface area contributed by atoms with Gasteiger partial charge in [-0.15, -0.1) is 0 Å². The van der Waals surface area contributed by atoms with Crippen molar-refractivity contribution in [3.8, 4) is 0 Å². The summed E-state index contributed by atoms with van der Waals surface area (Å²) < 4.78 is 0.901. The van der Waals surface area contributed by atoms with Crippen molar-refractivity contribution < 1.29 is 4.79 Å². The standard InChI is InChI=1S/C13H16BrClN2O/c1-2-13(5-6-16-8-13)12(18)17-11-4-3-9(14)7-10(11)15/h3-4,7,16H,2,5-6,8H2,1H3,(H,17,18). The van der Waals surface area contributed by atoms with E-state index in [0.29, 0.717) is 10.7 Å². The molecule has 1 fully saturated rings. The lowest BCUT2D eigenvalue weighted by Crippen LogP contribution is -2.37. The minimum absolute atomic E-state index is 0.0548. The minimum Gasteiger partial charge on any atom is -0.324 e. The van der Waals surface area contributed by atoms with Crippen LogP contribution in [0.5, 0.6) is 0 Å². The molecular formula is C13H16BrClN2O. The molecule has 98 valence electrons. The number of hydrogen-bond acceptors (Lipinski definition) is 2. The van der Waals surface area contributed by atoms with Crippen LogP contribution in [0.3, 0.4) is 0 Å². The largest absolute Gasteiger partial charge is 0.324 e. The van der Waals surface area contributed by atoms with Crippen LogP contribution in [0.15, 0.2) is 22.7 Å². The van der Waals surface area contributed by atoms with Gasteiger partial charge in [0.05, 0.1) is 16.1 Å². The molecule has 3 nitrogen and oxygen atoms in total. The molecule has 0 saturated carbocycles. The molecule has 1 aliphatic heterocycles. The predicted molar refractivity (Wildman–Crippen MR) is 78.0 cm³/mol. The first-order valence-corrected chi connectivity index (χ1v) is 7.22. The Labute approximate surface area is 120 Å². The minimum atomic E-state index is -0.295. The van der Waals surface area contributed by atoms with Gasteiger partial charge in [0.2, 0.25) is 5.91 Å². The van der Waals surface area contributed by atoms with Crippen molar-refractivity contribution in [2.45, 2.75) is 19.8 Å². The summed E-state index contributed by atoms with van der Waals surface area (Å²) >= 11 is 9.45. The fraction of sp³-hybridized carbons (Fsp3) is 0.462. The number of anilines is 1. The van der Waals surface area contributed by atoms with Crippen LogP contribution in [0.4, 0.5) is 5.69 Å². The summed E-state index contributed by atoms with van der Waals surface area (Å²) in [5.74, 6) is 0.0548. The van der Waals surface area contributed by atoms with Gasteiger partial charge in [-0.1, -0.05) is 34.5 Å². The van der Waals surface area contributed by atoms with E-state index in [2.05, 4.69) is 33.5 Å². The number of rotatable bonds is 3. The molecule has 5 heteroatoms. The highest BCUT2D eigenvalue weighted by atomic mass is 79.9. The van der Waals surface area contributed by atoms with Crippen LogP contribution in [0, 0.1) is 5.41 Å². The van der Waals surface area contributed by atoms with Gasteiger partial charge in [-0.2, -0.15) is 0 Å². The van der Waals surface area contributed by atoms with Crippen LogP contribution in [0.2, 0.25) is 5.02 Å². The molecule has 1 heterocycles. The number of halogens is 2. The topological polar surface area (TPSA) is 41.1 Å². The fourth-order valence-electron chi connectivity index (χ4n) is 2.25. The van der Waals surface area contributed by atoms with Gasteiger partial charge in [-0.05, 0) is 37.6 Å². The number of carbonyl (C=O) groups excluding carboxylic acids is 1. The summed E-state index contributed by atoms with van der Waals surface area (Å²) in [4.78, 5) is 12.4. The zero-order valence-electron chi connectivity index (χ0n) is 10.2. The maximum absolute atomic E-state index is 12.4. The van der Waals surface area contributed by atoms with Gasteiger partial charge in [0.25, 0.3) is 0 Å². The van der Waals surface area contributed by atoms with Gasteiger partial charge in [0.1, 0.15) is 0 Å². The lowest BCUT2D eigenvalue weighted by Gasteiger charge is -2.25. The summed E-state index contributed by atoms with van der Waals surface area (Å²) in [7, 11) is 0. The SMILES string of the molecule is CCC1(C(=O)Nc2ccc(Br)cc2Cl)CCNC1. The second kappa shape index (κ2) is 5.59. The third-order valence-electron chi connectivity index (χ3n) is 3.58. The maximum atomic E-state index is 12.4. The van der Waals surface area contributed by atoms with E-state index in [4.69, 9.17) is 11.6 Å². The van der Waals surface area contributed by atoms with Gasteiger partial charge >= 0.3 is 0 Å². The Kier molecular flexibility index (Phi) is 4.30. The second-order valence-corrected chi connectivity index (χ2v) is 5.96. The predicted octanol–water partition coefficient (Wildman–Crippen LogP) is 3.43. The molecule has 1 amide bonds. The normalized spacial score (nSPS) is 23.1. The highest BCUT2D eigenvalue weighted by Crippen LogP contribution is 2.33. The van der Waals surface area contributed by atoms with E-state index in [-0.39, 0.29) is 11.3 Å². The van der Waals surface area contributed by atoms with Crippen LogP contribution < -0.4 is 10.6 Å². The number of carbonyl (C=O) groups is 1. The first-order valence-electron chi connectivity index (χ1n) is 6.04. The maximum Gasteiger partial charge on any atom is 0.231 e. The zero-order chi connectivity index (χ0) is 13.2. The van der Waals surface area contributed by atoms with E-state index in [1.54, 1.807) is 6.07 Å². The Balaban J connectivity index is 2.15. The van der Waals surface area contributed by atoms with Crippen LogP contribution in [0.25, 0.3) is 0 Å². The molecule has 18 heavy (non-hydrogen) atoms. The highest BCUT2D eigenvalue weighted by Gasteiger charge is 2.39. The first-order chi connectivity index (χ1) is 8.57. The molecule has 1 aromatic carbocycles. The Hall–Kier alpha value is -0.580. The smallest absolute Gasteiger partial charge is 0.231 e. The van der Waals surface area contributed by atoms with E-state index >= 15 is 0 Å². The molecule has 1 aromatic rings. The molecule has 1 aliphatic rings. The molecule has 0 radical (unpaired) electrons. The summed E-state index contributed by atoms with van der Waals surface area (Å²) in [5.41, 5.74) is 0.376. The van der Waals surface area contributed by atoms with Gasteiger partial charge in [0.15, 0.2) is 0 Å². The van der Waals surface area contributed by atoms with Crippen molar-refractivity contribution in [2.75, 3.05) is 18.4 Å². The van der Waals surface area contributed by atoms with Crippen LogP contribution in [0.1, 0.15) is 19.8 Å². The molecule has 2 N–H and O–H groups in total. The average Bonchev–Trinajstić information content (AvgIpc) is 2.82. The van der Waals surface area contributed by atoms with E-state index in [0.717, 1.165) is 30.4 Å². The van der Waals surface area contributed by atoms with E-state index in [1.165, 1.54) is 0 Å². The van der Waals surface area contributed by atoms with Crippen molar-refractivity contribution >= 4 is 39.1 Å². The quantitative estimate of drug-likeness (QED) is 0.891. The van der Waals surface area contributed by atoms with Crippen LogP contribution >= 0.6 is 27.5 Å². The first kappa shape index (κ1) is 13.8. The van der Waals surface area contributed by atoms with Gasteiger partial charge in [-0.25, -0.2) is 0 Å². The molecule has 0 aromatic heterocycles. The molecule has 0 bridgehead atoms. The lowest BCUT2D eigenvalue weighted by molar-refractivity contribution is -0.124. The Morgan fingerprint density at radius 1 is 1.61 bits per heavy atom. The summed E-state index contributed by atoms with van der Waals surface area (Å²) in [5, 5.41) is 6.74. The van der Waals surface area contributed by atoms with E-state index < -0.39 is 0 Å². The van der Waals surface area contributed by atoms with Crippen molar-refractivity contribution in [3.63, 3.8) is 0 Å². The summed E-state index contributed by atoms with van der Waals surface area (Å²) in [6.07, 6.45) is 1.71. The fourth-order valence-corrected chi connectivity index (χ4v) is 2.97. The summed E-state index contributed by atoms with van der Waals surface area (Å²) in [6, 6.07) is 5.46. The molecule has 0 spiro atoms. The van der Waals surface area contributed by atoms with Gasteiger partial charge in [0, 0.05) is 11.0 Å². The third-order valence-corrected chi connectivity index (χ3v) is 4.39. The molecular weight excluding hydrogens is 316 g/mol. The highest BCUT2D eigenvalue weighted by molar-refractivity contribution is 9.10. The lowest BCUT2D eigenvalue weighted by atomic mass is 9.83. The Bertz CT molecular complexity index is 458. The van der Waals surface area contributed by atoms with E-state index in [9.17, 15) is 4.79 Å². The number of amides is 1. The van der Waals surface area contributed by atoms with Crippen molar-refractivity contribution in [1.29, 1.82) is 0 Å². The van der Waals surface area contributed by atoms with Gasteiger partial charge in [-0.3, -0.25) is 4.79 Å². The zero-order valence-corrected chi connectivity index (χ0v) is 12.6. The Morgan fingerprint density at radius 2 is 2.39 bits per heavy atom. The summed E-state index contributed by atoms with van der Waals surface area (Å²) in [6.45, 7) is 3.69. The van der Waals surface area contributed by atoms with Crippen molar-refractivity contribution in [1.82, 2.24) is 5.32 Å². The molecule has 1 atom stereocenters. The van der Waals surface area contributed by atoms with Crippen LogP contribution in [-0.4, -0.2) is 19.0 Å². The third kappa shape index (κ3) is 2.71. The second-order valence-electron chi connectivity index (χ2n) is 4.64. The molecule has 2 rings (SSSR count). The number of nitrogens with one attached hydrogen (secondary N) is 2. The number of hydrogen-bond donors (Lipinski definition) is 2. The van der Waals surface area contributed by atoms with E-state index in [1.807, 2.05) is 12.1 Å². The number of benzene rings is 1. The van der Waals surface area contributed by atoms with Crippen molar-refractivity contribution in [3.05, 3.63) is 27.7 Å². The molecule has 1 saturated heterocycles. The average molecular weight is 332 g/mol. The molecule has 0 aliphatic carbocycles. The van der Waals surface area contributed by atoms with Gasteiger partial charge < -0.3 is 10.6 Å². The van der Waals surface area contributed by atoms with Crippen LogP contribution in [-0.2, 0) is 4.79 Å².